The van der Waals surface area contributed by atoms with Gasteiger partial charge in [-0.25, -0.2) is 0 Å². The fraction of sp³-hybridized carbons (Fsp3) is 0.167. The molecule has 1 aliphatic carbocycles. The highest BCUT2D eigenvalue weighted by Crippen LogP contribution is 2.12. The Labute approximate surface area is 78.3 Å². The van der Waals surface area contributed by atoms with E-state index in [1.165, 1.54) is 5.56 Å². The van der Waals surface area contributed by atoms with Crippen LogP contribution in [0, 0.1) is 0 Å². The van der Waals surface area contributed by atoms with Crippen LogP contribution in [0.4, 0.5) is 0 Å². The molecule has 0 atom stereocenters. The Hall–Kier alpha value is -1.50. The van der Waals surface area contributed by atoms with Crippen LogP contribution in [0.1, 0.15) is 12.0 Å². The number of hydrogen-bond donors (Lipinski definition) is 0. The van der Waals surface area contributed by atoms with Crippen LogP contribution in [0.3, 0.4) is 0 Å². The van der Waals surface area contributed by atoms with Crippen molar-refractivity contribution in [3.8, 4) is 0 Å². The molecule has 0 saturated carbocycles. The fourth-order valence-electron chi connectivity index (χ4n) is 1.28. The van der Waals surface area contributed by atoms with E-state index in [1.807, 2.05) is 24.3 Å². The molecule has 0 radical (unpaired) electrons. The lowest BCUT2D eigenvalue weighted by atomic mass is 10.2. The summed E-state index contributed by atoms with van der Waals surface area (Å²) in [6, 6.07) is 10.2. The molecule has 0 aliphatic heterocycles. The molecule has 1 aliphatic rings. The predicted molar refractivity (Wildman–Crippen MR) is 53.1 cm³/mol. The Kier molecular flexibility index (Phi) is 2.46. The molecular weight excluding hydrogens is 160 g/mol. The summed E-state index contributed by atoms with van der Waals surface area (Å²) in [5, 5.41) is 0. The molecule has 0 N–H and O–H groups in total. The topological polar surface area (TPSA) is 9.23 Å². The lowest BCUT2D eigenvalue weighted by Crippen LogP contribution is -1.89. The van der Waals surface area contributed by atoms with E-state index in [9.17, 15) is 0 Å². The van der Waals surface area contributed by atoms with Crippen molar-refractivity contribution in [1.29, 1.82) is 0 Å². The first-order valence-electron chi connectivity index (χ1n) is 4.48. The Morgan fingerprint density at radius 1 is 1.15 bits per heavy atom. The van der Waals surface area contributed by atoms with Crippen molar-refractivity contribution in [2.75, 3.05) is 0 Å². The maximum Gasteiger partial charge on any atom is 0.115 e. The highest BCUT2D eigenvalue weighted by molar-refractivity contribution is 5.21. The van der Waals surface area contributed by atoms with Crippen molar-refractivity contribution in [2.24, 2.45) is 0 Å². The van der Waals surface area contributed by atoms with Gasteiger partial charge in [0.2, 0.25) is 0 Å². The van der Waals surface area contributed by atoms with E-state index in [1.54, 1.807) is 0 Å². The molecule has 0 saturated heterocycles. The molecule has 0 heterocycles. The van der Waals surface area contributed by atoms with Crippen LogP contribution in [0.15, 0.2) is 54.3 Å². The van der Waals surface area contributed by atoms with Crippen LogP contribution in [0.2, 0.25) is 0 Å². The second kappa shape index (κ2) is 3.94. The second-order valence-electron chi connectivity index (χ2n) is 3.02. The maximum absolute atomic E-state index is 5.56. The van der Waals surface area contributed by atoms with Gasteiger partial charge < -0.3 is 4.74 Å². The lowest BCUT2D eigenvalue weighted by Gasteiger charge is -2.04. The molecule has 0 amide bonds. The minimum Gasteiger partial charge on any atom is -0.489 e. The monoisotopic (exact) mass is 172 g/mol. The van der Waals surface area contributed by atoms with Crippen molar-refractivity contribution < 1.29 is 4.74 Å². The van der Waals surface area contributed by atoms with Crippen LogP contribution in [0.5, 0.6) is 0 Å². The highest BCUT2D eigenvalue weighted by Gasteiger charge is 1.98. The minimum atomic E-state index is 0.664. The molecule has 1 heteroatoms. The summed E-state index contributed by atoms with van der Waals surface area (Å²) in [4.78, 5) is 0. The molecule has 66 valence electrons. The molecule has 1 aromatic rings. The van der Waals surface area contributed by atoms with Crippen LogP contribution >= 0.6 is 0 Å². The number of benzene rings is 1. The number of allylic oxidation sites excluding steroid dienone is 3. The van der Waals surface area contributed by atoms with Gasteiger partial charge in [0.05, 0.1) is 0 Å². The summed E-state index contributed by atoms with van der Waals surface area (Å²) in [6.45, 7) is 0.664. The van der Waals surface area contributed by atoms with Gasteiger partial charge >= 0.3 is 0 Å². The van der Waals surface area contributed by atoms with Gasteiger partial charge in [-0.2, -0.15) is 0 Å². The Morgan fingerprint density at radius 2 is 2.00 bits per heavy atom. The van der Waals surface area contributed by atoms with Crippen LogP contribution < -0.4 is 0 Å². The molecule has 0 spiro atoms. The Balaban J connectivity index is 1.90. The van der Waals surface area contributed by atoms with E-state index < -0.39 is 0 Å². The van der Waals surface area contributed by atoms with E-state index in [4.69, 9.17) is 4.74 Å². The van der Waals surface area contributed by atoms with Crippen molar-refractivity contribution in [2.45, 2.75) is 13.0 Å². The van der Waals surface area contributed by atoms with E-state index in [-0.39, 0.29) is 0 Å². The first-order chi connectivity index (χ1) is 6.45. The van der Waals surface area contributed by atoms with Crippen molar-refractivity contribution in [3.63, 3.8) is 0 Å². The van der Waals surface area contributed by atoms with Gasteiger partial charge in [-0.05, 0) is 24.1 Å². The molecule has 0 aromatic heterocycles. The van der Waals surface area contributed by atoms with Crippen molar-refractivity contribution in [1.82, 2.24) is 0 Å². The first-order valence-corrected chi connectivity index (χ1v) is 4.48. The molecule has 0 unspecified atom stereocenters. The first kappa shape index (κ1) is 8.11. The zero-order chi connectivity index (χ0) is 8.93. The summed E-state index contributed by atoms with van der Waals surface area (Å²) in [5.74, 6) is 0.990. The zero-order valence-electron chi connectivity index (χ0n) is 7.44. The average molecular weight is 172 g/mol. The van der Waals surface area contributed by atoms with Gasteiger partial charge in [-0.1, -0.05) is 36.4 Å². The normalized spacial score (nSPS) is 14.3. The average Bonchev–Trinajstić information content (AvgIpc) is 2.69. The quantitative estimate of drug-likeness (QED) is 0.681. The van der Waals surface area contributed by atoms with Crippen LogP contribution in [-0.2, 0) is 11.3 Å². The molecule has 0 bridgehead atoms. The molecular formula is C12H12O. The summed E-state index contributed by atoms with van der Waals surface area (Å²) < 4.78 is 5.56. The number of hydrogen-bond acceptors (Lipinski definition) is 1. The van der Waals surface area contributed by atoms with Crippen LogP contribution in [0.25, 0.3) is 0 Å². The third kappa shape index (κ3) is 2.22. The SMILES string of the molecule is C1=CC(OCc2ccccc2)=CC1. The zero-order valence-corrected chi connectivity index (χ0v) is 7.44. The van der Waals surface area contributed by atoms with Crippen molar-refractivity contribution >= 4 is 0 Å². The largest absolute Gasteiger partial charge is 0.489 e. The summed E-state index contributed by atoms with van der Waals surface area (Å²) in [7, 11) is 0. The van der Waals surface area contributed by atoms with E-state index in [0.717, 1.165) is 12.2 Å². The van der Waals surface area contributed by atoms with Gasteiger partial charge in [-0.15, -0.1) is 0 Å². The van der Waals surface area contributed by atoms with Gasteiger partial charge in [0.1, 0.15) is 12.4 Å². The molecule has 13 heavy (non-hydrogen) atoms. The number of ether oxygens (including phenoxy) is 1. The summed E-state index contributed by atoms with van der Waals surface area (Å²) >= 11 is 0. The maximum atomic E-state index is 5.56. The fourth-order valence-corrected chi connectivity index (χ4v) is 1.28. The summed E-state index contributed by atoms with van der Waals surface area (Å²) in [5.41, 5.74) is 1.21. The summed E-state index contributed by atoms with van der Waals surface area (Å²) in [6.07, 6.45) is 7.20. The number of rotatable bonds is 3. The van der Waals surface area contributed by atoms with E-state index >= 15 is 0 Å². The van der Waals surface area contributed by atoms with Crippen molar-refractivity contribution in [3.05, 3.63) is 59.9 Å². The van der Waals surface area contributed by atoms with E-state index in [0.29, 0.717) is 6.61 Å². The lowest BCUT2D eigenvalue weighted by molar-refractivity contribution is 0.211. The molecule has 2 rings (SSSR count). The molecule has 1 nitrogen and oxygen atoms in total. The van der Waals surface area contributed by atoms with Gasteiger partial charge in [0.15, 0.2) is 0 Å². The third-order valence-electron chi connectivity index (χ3n) is 1.99. The second-order valence-corrected chi connectivity index (χ2v) is 3.02. The van der Waals surface area contributed by atoms with Gasteiger partial charge in [0, 0.05) is 0 Å². The molecule has 1 aromatic carbocycles. The van der Waals surface area contributed by atoms with Gasteiger partial charge in [-0.3, -0.25) is 0 Å². The van der Waals surface area contributed by atoms with Crippen LogP contribution in [-0.4, -0.2) is 0 Å². The highest BCUT2D eigenvalue weighted by atomic mass is 16.5. The molecule has 0 fully saturated rings. The Morgan fingerprint density at radius 3 is 2.69 bits per heavy atom. The van der Waals surface area contributed by atoms with E-state index in [2.05, 4.69) is 24.3 Å². The minimum absolute atomic E-state index is 0.664. The third-order valence-corrected chi connectivity index (χ3v) is 1.99. The smallest absolute Gasteiger partial charge is 0.115 e. The van der Waals surface area contributed by atoms with Gasteiger partial charge in [0.25, 0.3) is 0 Å². The standard InChI is InChI=1S/C12H12O/c1-2-6-11(7-3-1)10-13-12-8-4-5-9-12/h1-4,6-9H,5,10H2. The predicted octanol–water partition coefficient (Wildman–Crippen LogP) is 3.05. The Bertz CT molecular complexity index is 322.